The van der Waals surface area contributed by atoms with Gasteiger partial charge in [0.05, 0.1) is 5.21 Å². The Bertz CT molecular complexity index is 254. The third-order valence-corrected chi connectivity index (χ3v) is 3.13. The van der Waals surface area contributed by atoms with E-state index in [1.807, 2.05) is 0 Å². The Balaban J connectivity index is 2.90. The lowest BCUT2D eigenvalue weighted by molar-refractivity contribution is 0.625. The number of halogens is 3. The molecular weight excluding hydrogens is 250 g/mol. The van der Waals surface area contributed by atoms with Crippen molar-refractivity contribution >= 4 is 39.3 Å². The van der Waals surface area contributed by atoms with Crippen LogP contribution in [0.4, 0.5) is 4.39 Å². The van der Waals surface area contributed by atoms with Crippen molar-refractivity contribution in [3.05, 3.63) is 28.5 Å². The van der Waals surface area contributed by atoms with Gasteiger partial charge in [0.1, 0.15) is 5.82 Å². The van der Waals surface area contributed by atoms with E-state index in [4.69, 9.17) is 11.6 Å². The van der Waals surface area contributed by atoms with Crippen molar-refractivity contribution in [1.29, 1.82) is 0 Å². The summed E-state index contributed by atoms with van der Waals surface area (Å²) >= 11 is 10.2. The molecule has 11 heavy (non-hydrogen) atoms. The molecule has 0 aromatic heterocycles. The highest BCUT2D eigenvalue weighted by molar-refractivity contribution is 9.10. The fourth-order valence-electron chi connectivity index (χ4n) is 0.651. The predicted molar refractivity (Wildman–Crippen MR) is 50.7 cm³/mol. The predicted octanol–water partition coefficient (Wildman–Crippen LogP) is 3.88. The van der Waals surface area contributed by atoms with Gasteiger partial charge in [-0.2, -0.15) is 0 Å². The first kappa shape index (κ1) is 9.36. The Morgan fingerprint density at radius 3 is 2.82 bits per heavy atom. The summed E-state index contributed by atoms with van der Waals surface area (Å²) in [6.07, 6.45) is 0. The molecule has 0 saturated carbocycles. The van der Waals surface area contributed by atoms with Gasteiger partial charge in [-0.05, 0) is 34.1 Å². The molecule has 0 aliphatic rings. The van der Waals surface area contributed by atoms with Crippen LogP contribution in [0.1, 0.15) is 0 Å². The molecular formula is C7H5BrClFS. The van der Waals surface area contributed by atoms with Crippen LogP contribution in [0.3, 0.4) is 0 Å². The second-order valence-electron chi connectivity index (χ2n) is 1.83. The average Bonchev–Trinajstić information content (AvgIpc) is 1.95. The highest BCUT2D eigenvalue weighted by Gasteiger charge is 2.00. The van der Waals surface area contributed by atoms with Crippen LogP contribution in [-0.2, 0) is 0 Å². The molecule has 0 radical (unpaired) electrons. The van der Waals surface area contributed by atoms with E-state index in [0.717, 1.165) is 9.37 Å². The summed E-state index contributed by atoms with van der Waals surface area (Å²) < 4.78 is 13.3. The standard InChI is InChI=1S/C7H5BrClFS/c8-6-3-5(10)1-2-7(6)11-4-9/h1-3H,4H2. The van der Waals surface area contributed by atoms with Gasteiger partial charge in [0.25, 0.3) is 0 Å². The summed E-state index contributed by atoms with van der Waals surface area (Å²) in [5.41, 5.74) is 0. The van der Waals surface area contributed by atoms with Crippen LogP contribution < -0.4 is 0 Å². The van der Waals surface area contributed by atoms with Gasteiger partial charge in [0.15, 0.2) is 0 Å². The molecule has 1 rings (SSSR count). The van der Waals surface area contributed by atoms with E-state index >= 15 is 0 Å². The molecule has 0 saturated heterocycles. The molecule has 60 valence electrons. The van der Waals surface area contributed by atoms with Gasteiger partial charge in [-0.15, -0.1) is 23.4 Å². The van der Waals surface area contributed by atoms with Crippen molar-refractivity contribution in [2.75, 3.05) is 5.21 Å². The van der Waals surface area contributed by atoms with Crippen LogP contribution in [0.15, 0.2) is 27.6 Å². The van der Waals surface area contributed by atoms with Crippen LogP contribution in [0, 0.1) is 5.82 Å². The molecule has 0 aliphatic heterocycles. The molecule has 1 aromatic rings. The van der Waals surface area contributed by atoms with Gasteiger partial charge in [0, 0.05) is 9.37 Å². The first-order valence-corrected chi connectivity index (χ1v) is 5.19. The zero-order valence-electron chi connectivity index (χ0n) is 5.48. The third-order valence-electron chi connectivity index (χ3n) is 1.10. The summed E-state index contributed by atoms with van der Waals surface area (Å²) in [6, 6.07) is 4.54. The van der Waals surface area contributed by atoms with E-state index in [-0.39, 0.29) is 5.82 Å². The van der Waals surface area contributed by atoms with Crippen molar-refractivity contribution in [1.82, 2.24) is 0 Å². The SMILES string of the molecule is Fc1ccc(SCCl)c(Br)c1. The maximum Gasteiger partial charge on any atom is 0.124 e. The number of thioether (sulfide) groups is 1. The number of hydrogen-bond donors (Lipinski definition) is 0. The topological polar surface area (TPSA) is 0 Å². The van der Waals surface area contributed by atoms with Gasteiger partial charge in [-0.3, -0.25) is 0 Å². The number of rotatable bonds is 2. The highest BCUT2D eigenvalue weighted by Crippen LogP contribution is 2.28. The van der Waals surface area contributed by atoms with Crippen LogP contribution >= 0.6 is 39.3 Å². The monoisotopic (exact) mass is 254 g/mol. The molecule has 0 aliphatic carbocycles. The third kappa shape index (κ3) is 2.65. The number of hydrogen-bond acceptors (Lipinski definition) is 1. The van der Waals surface area contributed by atoms with Crippen molar-refractivity contribution in [3.63, 3.8) is 0 Å². The van der Waals surface area contributed by atoms with Crippen molar-refractivity contribution < 1.29 is 4.39 Å². The molecule has 4 heteroatoms. The molecule has 1 aromatic carbocycles. The van der Waals surface area contributed by atoms with Crippen LogP contribution in [0.2, 0.25) is 0 Å². The van der Waals surface area contributed by atoms with E-state index in [0.29, 0.717) is 5.21 Å². The molecule has 0 N–H and O–H groups in total. The zero-order valence-corrected chi connectivity index (χ0v) is 8.64. The molecule has 0 amide bonds. The number of alkyl halides is 1. The Hall–Kier alpha value is 0.270. The smallest absolute Gasteiger partial charge is 0.124 e. The van der Waals surface area contributed by atoms with Crippen LogP contribution in [-0.4, -0.2) is 5.21 Å². The summed E-state index contributed by atoms with van der Waals surface area (Å²) in [6.45, 7) is 0. The van der Waals surface area contributed by atoms with E-state index in [1.165, 1.54) is 23.9 Å². The first-order chi connectivity index (χ1) is 5.24. The second kappa shape index (κ2) is 4.33. The summed E-state index contributed by atoms with van der Waals surface area (Å²) in [7, 11) is 0. The fourth-order valence-corrected chi connectivity index (χ4v) is 2.18. The minimum Gasteiger partial charge on any atom is -0.207 e. The maximum atomic E-state index is 12.5. The zero-order chi connectivity index (χ0) is 8.27. The molecule has 0 nitrogen and oxygen atoms in total. The summed E-state index contributed by atoms with van der Waals surface area (Å²) in [5, 5.41) is 0.476. The molecule has 0 unspecified atom stereocenters. The van der Waals surface area contributed by atoms with Crippen LogP contribution in [0.5, 0.6) is 0 Å². The molecule has 0 atom stereocenters. The lowest BCUT2D eigenvalue weighted by Gasteiger charge is -1.99. The molecule has 0 bridgehead atoms. The van der Waals surface area contributed by atoms with Gasteiger partial charge in [-0.25, -0.2) is 4.39 Å². The minimum absolute atomic E-state index is 0.240. The van der Waals surface area contributed by atoms with Crippen LogP contribution in [0.25, 0.3) is 0 Å². The Labute approximate surface area is 82.3 Å². The van der Waals surface area contributed by atoms with Gasteiger partial charge in [0.2, 0.25) is 0 Å². The Morgan fingerprint density at radius 1 is 1.55 bits per heavy atom. The van der Waals surface area contributed by atoms with Crippen molar-refractivity contribution in [2.45, 2.75) is 4.90 Å². The Kier molecular flexibility index (Phi) is 3.69. The van der Waals surface area contributed by atoms with E-state index < -0.39 is 0 Å². The average molecular weight is 256 g/mol. The van der Waals surface area contributed by atoms with E-state index in [2.05, 4.69) is 15.9 Å². The Morgan fingerprint density at radius 2 is 2.27 bits per heavy atom. The minimum atomic E-state index is -0.240. The molecule has 0 fully saturated rings. The fraction of sp³-hybridized carbons (Fsp3) is 0.143. The van der Waals surface area contributed by atoms with E-state index in [9.17, 15) is 4.39 Å². The number of benzene rings is 1. The highest BCUT2D eigenvalue weighted by atomic mass is 79.9. The van der Waals surface area contributed by atoms with Gasteiger partial charge < -0.3 is 0 Å². The summed E-state index contributed by atoms with van der Waals surface area (Å²) in [5.74, 6) is -0.240. The summed E-state index contributed by atoms with van der Waals surface area (Å²) in [4.78, 5) is 0.960. The lowest BCUT2D eigenvalue weighted by Crippen LogP contribution is -1.77. The molecule has 0 spiro atoms. The quantitative estimate of drug-likeness (QED) is 0.571. The molecule has 0 heterocycles. The maximum absolute atomic E-state index is 12.5. The van der Waals surface area contributed by atoms with Gasteiger partial charge in [-0.1, -0.05) is 0 Å². The lowest BCUT2D eigenvalue weighted by atomic mass is 10.3. The van der Waals surface area contributed by atoms with Crippen molar-refractivity contribution in [3.8, 4) is 0 Å². The normalized spacial score (nSPS) is 10.1. The largest absolute Gasteiger partial charge is 0.207 e. The second-order valence-corrected chi connectivity index (χ2v) is 4.28. The van der Waals surface area contributed by atoms with E-state index in [1.54, 1.807) is 6.07 Å². The van der Waals surface area contributed by atoms with Crippen molar-refractivity contribution in [2.24, 2.45) is 0 Å². The van der Waals surface area contributed by atoms with Gasteiger partial charge >= 0.3 is 0 Å². The first-order valence-electron chi connectivity index (χ1n) is 2.88.